The summed E-state index contributed by atoms with van der Waals surface area (Å²) in [4.78, 5) is 20.3. The fourth-order valence-electron chi connectivity index (χ4n) is 10.4. The van der Waals surface area contributed by atoms with E-state index in [-0.39, 0.29) is 0 Å². The van der Waals surface area contributed by atoms with Crippen molar-refractivity contribution >= 4 is 9.84 Å². The molecule has 2 aliphatic carbocycles. The van der Waals surface area contributed by atoms with Crippen LogP contribution in [-0.2, 0) is 15.3 Å². The Morgan fingerprint density at radius 2 is 0.938 bits per heavy atom. The average Bonchev–Trinajstić information content (AvgIpc) is 3.73. The molecule has 1 aliphatic heterocycles. The van der Waals surface area contributed by atoms with E-state index in [0.29, 0.717) is 15.6 Å². The van der Waals surface area contributed by atoms with E-state index in [2.05, 4.69) is 114 Å². The number of aromatic nitrogens is 4. The number of hydrogen-bond acceptors (Lipinski definition) is 6. The van der Waals surface area contributed by atoms with Crippen molar-refractivity contribution in [3.63, 3.8) is 0 Å². The SMILES string of the molecule is O=S1(=O)c2ccccc2-c2cc3c(cc21)-c1ccccc1C31c2ccccc2-c2ccccc2-c2ccc(-c3cc(-c4ccc(-c5cccnc5)nc4)nc(-c4ccccc4)n3)cc21. The van der Waals surface area contributed by atoms with Gasteiger partial charge in [0.05, 0.1) is 32.3 Å². The predicted molar refractivity (Wildman–Crippen MR) is 252 cm³/mol. The zero-order valence-corrected chi connectivity index (χ0v) is 35.0. The molecule has 3 aliphatic rings. The summed E-state index contributed by atoms with van der Waals surface area (Å²) in [6, 6.07) is 64.3. The first-order valence-corrected chi connectivity index (χ1v) is 22.8. The van der Waals surface area contributed by atoms with Gasteiger partial charge in [-0.15, -0.1) is 0 Å². The third kappa shape index (κ3) is 5.16. The molecule has 0 fully saturated rings. The summed E-state index contributed by atoms with van der Waals surface area (Å²) in [6.45, 7) is 0. The molecule has 0 radical (unpaired) electrons. The second-order valence-corrected chi connectivity index (χ2v) is 18.4. The van der Waals surface area contributed by atoms with Crippen LogP contribution in [0.5, 0.6) is 0 Å². The molecule has 10 aromatic rings. The van der Waals surface area contributed by atoms with Crippen molar-refractivity contribution in [1.82, 2.24) is 19.9 Å². The Bertz CT molecular complexity index is 3680. The highest BCUT2D eigenvalue weighted by molar-refractivity contribution is 7.92. The van der Waals surface area contributed by atoms with E-state index in [1.165, 1.54) is 0 Å². The summed E-state index contributed by atoms with van der Waals surface area (Å²) in [5, 5.41) is 0. The van der Waals surface area contributed by atoms with Gasteiger partial charge in [0.15, 0.2) is 5.82 Å². The molecule has 7 aromatic carbocycles. The summed E-state index contributed by atoms with van der Waals surface area (Å²) in [7, 11) is -3.74. The van der Waals surface area contributed by atoms with Gasteiger partial charge in [0, 0.05) is 52.0 Å². The third-order valence-corrected chi connectivity index (χ3v) is 15.1. The first-order chi connectivity index (χ1) is 31.5. The molecule has 1 unspecified atom stereocenters. The van der Waals surface area contributed by atoms with E-state index in [1.54, 1.807) is 18.3 Å². The van der Waals surface area contributed by atoms with Crippen molar-refractivity contribution in [3.05, 3.63) is 229 Å². The summed E-state index contributed by atoms with van der Waals surface area (Å²) < 4.78 is 28.6. The monoisotopic (exact) mass is 838 g/mol. The number of sulfone groups is 1. The Morgan fingerprint density at radius 1 is 0.359 bits per heavy atom. The maximum atomic E-state index is 14.3. The van der Waals surface area contributed by atoms with Gasteiger partial charge in [0.1, 0.15) is 0 Å². The van der Waals surface area contributed by atoms with Crippen molar-refractivity contribution in [2.45, 2.75) is 15.2 Å². The second kappa shape index (κ2) is 13.7. The summed E-state index contributed by atoms with van der Waals surface area (Å²) in [6.07, 6.45) is 5.44. The molecule has 7 heteroatoms. The highest BCUT2D eigenvalue weighted by atomic mass is 32.2. The van der Waals surface area contributed by atoms with Gasteiger partial charge in [-0.2, -0.15) is 0 Å². The van der Waals surface area contributed by atoms with Crippen LogP contribution in [0, 0.1) is 0 Å². The molecule has 0 saturated carbocycles. The van der Waals surface area contributed by atoms with Gasteiger partial charge in [-0.3, -0.25) is 9.97 Å². The third-order valence-electron chi connectivity index (χ3n) is 13.2. The Kier molecular flexibility index (Phi) is 7.81. The number of pyridine rings is 2. The van der Waals surface area contributed by atoms with Gasteiger partial charge in [-0.25, -0.2) is 18.4 Å². The van der Waals surface area contributed by atoms with Crippen LogP contribution in [-0.4, -0.2) is 28.4 Å². The minimum atomic E-state index is -3.74. The Hall–Kier alpha value is -8.13. The molecule has 4 heterocycles. The van der Waals surface area contributed by atoms with E-state index in [1.807, 2.05) is 79.1 Å². The topological polar surface area (TPSA) is 85.7 Å². The molecule has 0 N–H and O–H groups in total. The Labute approximate surface area is 370 Å². The lowest BCUT2D eigenvalue weighted by Gasteiger charge is -2.36. The molecule has 13 rings (SSSR count). The van der Waals surface area contributed by atoms with Crippen LogP contribution in [0.15, 0.2) is 216 Å². The van der Waals surface area contributed by atoms with E-state index in [9.17, 15) is 8.42 Å². The van der Waals surface area contributed by atoms with Crippen molar-refractivity contribution in [1.29, 1.82) is 0 Å². The van der Waals surface area contributed by atoms with Crippen LogP contribution in [0.1, 0.15) is 22.3 Å². The molecule has 3 aromatic heterocycles. The largest absolute Gasteiger partial charge is 0.264 e. The van der Waals surface area contributed by atoms with E-state index >= 15 is 0 Å². The quantitative estimate of drug-likeness (QED) is 0.175. The van der Waals surface area contributed by atoms with E-state index in [4.69, 9.17) is 15.0 Å². The molecular formula is C57H34N4O2S. The summed E-state index contributed by atoms with van der Waals surface area (Å²) >= 11 is 0. The minimum absolute atomic E-state index is 0.350. The number of rotatable bonds is 4. The van der Waals surface area contributed by atoms with Gasteiger partial charge < -0.3 is 0 Å². The lowest BCUT2D eigenvalue weighted by atomic mass is 9.65. The number of fused-ring (bicyclic) bond motifs is 15. The first-order valence-electron chi connectivity index (χ1n) is 21.3. The zero-order chi connectivity index (χ0) is 42.6. The Morgan fingerprint density at radius 3 is 1.64 bits per heavy atom. The van der Waals surface area contributed by atoms with Crippen LogP contribution in [0.4, 0.5) is 0 Å². The number of hydrogen-bond donors (Lipinski definition) is 0. The van der Waals surface area contributed by atoms with Crippen LogP contribution in [0.2, 0.25) is 0 Å². The molecular weight excluding hydrogens is 805 g/mol. The smallest absolute Gasteiger partial charge is 0.207 e. The fourth-order valence-corrected chi connectivity index (χ4v) is 12.1. The predicted octanol–water partition coefficient (Wildman–Crippen LogP) is 12.8. The molecule has 0 saturated heterocycles. The molecule has 300 valence electrons. The standard InChI is InChI=1S/C57H34N4O2S/c62-64(63)54-23-11-8-20-44(54)46-30-50-45(31-55(46)64)42-19-7-10-22-48(42)57(50)47-21-9-6-18-41(47)39-16-4-5-17-40(39)43-26-24-36(29-49(43)57)52-32-53(61-56(60-52)35-13-2-1-3-14-35)38-25-27-51(59-34-38)37-15-12-28-58-33-37/h1-34H. The van der Waals surface area contributed by atoms with Gasteiger partial charge in [0.25, 0.3) is 0 Å². The minimum Gasteiger partial charge on any atom is -0.264 e. The van der Waals surface area contributed by atoms with Crippen LogP contribution < -0.4 is 0 Å². The van der Waals surface area contributed by atoms with Crippen LogP contribution in [0.3, 0.4) is 0 Å². The van der Waals surface area contributed by atoms with Gasteiger partial charge >= 0.3 is 0 Å². The second-order valence-electron chi connectivity index (χ2n) is 16.5. The zero-order valence-electron chi connectivity index (χ0n) is 34.1. The molecule has 1 atom stereocenters. The highest BCUT2D eigenvalue weighted by Gasteiger charge is 2.51. The van der Waals surface area contributed by atoms with Crippen molar-refractivity contribution in [3.8, 4) is 89.7 Å². The highest BCUT2D eigenvalue weighted by Crippen LogP contribution is 2.63. The fraction of sp³-hybridized carbons (Fsp3) is 0.0175. The van der Waals surface area contributed by atoms with Gasteiger partial charge in [-0.05, 0) is 110 Å². The number of benzene rings is 7. The van der Waals surface area contributed by atoms with Crippen molar-refractivity contribution < 1.29 is 8.42 Å². The molecule has 0 amide bonds. The van der Waals surface area contributed by atoms with Gasteiger partial charge in [-0.1, -0.05) is 133 Å². The number of nitrogens with zero attached hydrogens (tertiary/aromatic N) is 4. The maximum absolute atomic E-state index is 14.3. The summed E-state index contributed by atoms with van der Waals surface area (Å²) in [5.74, 6) is 0.608. The maximum Gasteiger partial charge on any atom is 0.207 e. The van der Waals surface area contributed by atoms with Gasteiger partial charge in [0.2, 0.25) is 9.84 Å². The van der Waals surface area contributed by atoms with E-state index in [0.717, 1.165) is 106 Å². The van der Waals surface area contributed by atoms with Crippen molar-refractivity contribution in [2.24, 2.45) is 0 Å². The lowest BCUT2D eigenvalue weighted by molar-refractivity contribution is 0.598. The molecule has 64 heavy (non-hydrogen) atoms. The molecule has 1 spiro atoms. The average molecular weight is 839 g/mol. The van der Waals surface area contributed by atoms with Crippen LogP contribution in [0.25, 0.3) is 89.7 Å². The Balaban J connectivity index is 1.10. The normalized spacial score (nSPS) is 15.5. The lowest BCUT2D eigenvalue weighted by Crippen LogP contribution is -2.29. The summed E-state index contributed by atoms with van der Waals surface area (Å²) in [5.41, 5.74) is 17.4. The van der Waals surface area contributed by atoms with Crippen molar-refractivity contribution in [2.75, 3.05) is 0 Å². The first kappa shape index (κ1) is 36.5. The van der Waals surface area contributed by atoms with Crippen LogP contribution >= 0.6 is 0 Å². The molecule has 0 bridgehead atoms. The molecule has 6 nitrogen and oxygen atoms in total. The van der Waals surface area contributed by atoms with E-state index < -0.39 is 15.3 Å².